The predicted molar refractivity (Wildman–Crippen MR) is 126 cm³/mol. The van der Waals surface area contributed by atoms with Gasteiger partial charge in [0.25, 0.3) is 17.4 Å². The van der Waals surface area contributed by atoms with Gasteiger partial charge in [0.2, 0.25) is 0 Å². The molecule has 0 spiro atoms. The number of hydrogen-bond acceptors (Lipinski definition) is 7. The van der Waals surface area contributed by atoms with Gasteiger partial charge < -0.3 is 25.3 Å². The second-order valence-corrected chi connectivity index (χ2v) is 9.33. The molecule has 2 aliphatic carbocycles. The van der Waals surface area contributed by atoms with Crippen LogP contribution in [0.5, 0.6) is 0 Å². The number of pyridine rings is 1. The molecule has 0 aromatic carbocycles. The molecular weight excluding hydrogens is 460 g/mol. The predicted octanol–water partition coefficient (Wildman–Crippen LogP) is 2.94. The number of anilines is 3. The highest BCUT2D eigenvalue weighted by atomic mass is 19.3. The van der Waals surface area contributed by atoms with E-state index in [1.807, 2.05) is 6.92 Å². The van der Waals surface area contributed by atoms with Gasteiger partial charge in [-0.15, -0.1) is 0 Å². The quantitative estimate of drug-likeness (QED) is 0.469. The number of rotatable bonds is 7. The lowest BCUT2D eigenvalue weighted by Crippen LogP contribution is -2.59. The minimum absolute atomic E-state index is 0.123. The molecular formula is C23H27F2N7O3. The van der Waals surface area contributed by atoms with Crippen molar-refractivity contribution in [2.24, 2.45) is 0 Å². The summed E-state index contributed by atoms with van der Waals surface area (Å²) >= 11 is 0. The van der Waals surface area contributed by atoms with Crippen LogP contribution in [0.15, 0.2) is 35.4 Å². The third-order valence-electron chi connectivity index (χ3n) is 7.11. The summed E-state index contributed by atoms with van der Waals surface area (Å²) in [5, 5.41) is 13.3. The first-order chi connectivity index (χ1) is 16.6. The minimum Gasteiger partial charge on any atom is -0.376 e. The molecule has 5 rings (SSSR count). The van der Waals surface area contributed by atoms with E-state index in [-0.39, 0.29) is 36.0 Å². The molecule has 3 aromatic rings. The van der Waals surface area contributed by atoms with E-state index in [4.69, 9.17) is 4.74 Å². The first kappa shape index (κ1) is 23.2. The van der Waals surface area contributed by atoms with Crippen LogP contribution in [-0.4, -0.2) is 56.8 Å². The molecule has 186 valence electrons. The van der Waals surface area contributed by atoms with Gasteiger partial charge in [-0.25, -0.2) is 13.8 Å². The van der Waals surface area contributed by atoms with Gasteiger partial charge in [-0.1, -0.05) is 0 Å². The van der Waals surface area contributed by atoms with E-state index in [0.717, 1.165) is 12.8 Å². The number of amides is 1. The minimum atomic E-state index is -2.74. The lowest BCUT2D eigenvalue weighted by Gasteiger charge is -2.45. The third kappa shape index (κ3) is 4.01. The first-order valence-corrected chi connectivity index (χ1v) is 11.4. The fourth-order valence-electron chi connectivity index (χ4n) is 4.62. The average molecular weight is 488 g/mol. The summed E-state index contributed by atoms with van der Waals surface area (Å²) in [5.41, 5.74) is -0.0664. The van der Waals surface area contributed by atoms with Crippen LogP contribution in [0.2, 0.25) is 0 Å². The number of halogens is 2. The molecule has 3 heterocycles. The Balaban J connectivity index is 1.44. The summed E-state index contributed by atoms with van der Waals surface area (Å²) in [6.07, 6.45) is 3.90. The molecule has 2 atom stereocenters. The molecule has 3 N–H and O–H groups in total. The number of methoxy groups -OCH3 is 1. The van der Waals surface area contributed by atoms with E-state index in [1.54, 1.807) is 32.4 Å². The van der Waals surface area contributed by atoms with Gasteiger partial charge in [-0.3, -0.25) is 9.59 Å². The maximum atomic E-state index is 13.3. The number of nitrogens with one attached hydrogen (secondary N) is 3. The van der Waals surface area contributed by atoms with Crippen LogP contribution in [0.4, 0.5) is 26.1 Å². The van der Waals surface area contributed by atoms with Crippen molar-refractivity contribution in [3.63, 3.8) is 0 Å². The highest BCUT2D eigenvalue weighted by Crippen LogP contribution is 2.44. The summed E-state index contributed by atoms with van der Waals surface area (Å²) in [4.78, 5) is 30.5. The molecule has 2 saturated carbocycles. The number of hydrogen-bond donors (Lipinski definition) is 3. The van der Waals surface area contributed by atoms with Gasteiger partial charge in [-0.05, 0) is 31.9 Å². The standard InChI is InChI=1S/C23H27F2N7O3/c1-22(35-3)7-6-16(22)29-20(33)14-12-27-32-18(26-2)9-17(30-19(14)32)28-15-5-4-8-31(21(15)34)13-10-23(24,25)11-13/h4-5,8-9,12-13,16,26H,6-7,10-11H2,1-3H3,(H,28,30)(H,29,33)/t16?,22-/m0/s1. The highest BCUT2D eigenvalue weighted by molar-refractivity contribution is 6.00. The van der Waals surface area contributed by atoms with Crippen molar-refractivity contribution in [1.82, 2.24) is 24.5 Å². The Morgan fingerprint density at radius 1 is 1.31 bits per heavy atom. The summed E-state index contributed by atoms with van der Waals surface area (Å²) in [7, 11) is 3.32. The molecule has 3 aromatic heterocycles. The van der Waals surface area contributed by atoms with Crippen LogP contribution < -0.4 is 21.5 Å². The lowest BCUT2D eigenvalue weighted by atomic mass is 9.76. The molecule has 1 unspecified atom stereocenters. The average Bonchev–Trinajstić information content (AvgIpc) is 3.24. The molecule has 12 heteroatoms. The second-order valence-electron chi connectivity index (χ2n) is 9.33. The summed E-state index contributed by atoms with van der Waals surface area (Å²) in [6.45, 7) is 1.95. The van der Waals surface area contributed by atoms with Crippen LogP contribution in [0, 0.1) is 0 Å². The Labute approximate surface area is 199 Å². The van der Waals surface area contributed by atoms with E-state index in [2.05, 4.69) is 26.0 Å². The zero-order valence-electron chi connectivity index (χ0n) is 19.6. The van der Waals surface area contributed by atoms with E-state index < -0.39 is 23.1 Å². The summed E-state index contributed by atoms with van der Waals surface area (Å²) < 4.78 is 35.0. The molecule has 0 radical (unpaired) electrons. The van der Waals surface area contributed by atoms with Gasteiger partial charge in [0.1, 0.15) is 22.9 Å². The van der Waals surface area contributed by atoms with Crippen molar-refractivity contribution in [3.8, 4) is 0 Å². The van der Waals surface area contributed by atoms with Crippen LogP contribution in [0.1, 0.15) is 49.0 Å². The number of ether oxygens (including phenoxy) is 1. The fourth-order valence-corrected chi connectivity index (χ4v) is 4.62. The SMILES string of the molecule is CNc1cc(Nc2cccn(C3CC(F)(F)C3)c2=O)nc2c(C(=O)NC3CC[C@]3(C)OC)cnn12. The van der Waals surface area contributed by atoms with Gasteiger partial charge in [0.05, 0.1) is 17.8 Å². The number of nitrogens with zero attached hydrogens (tertiary/aromatic N) is 4. The second kappa shape index (κ2) is 8.29. The topological polar surface area (TPSA) is 115 Å². The Kier molecular flexibility index (Phi) is 5.50. The third-order valence-corrected chi connectivity index (χ3v) is 7.11. The van der Waals surface area contributed by atoms with Crippen molar-refractivity contribution in [1.29, 1.82) is 0 Å². The smallest absolute Gasteiger partial charge is 0.274 e. The fraction of sp³-hybridized carbons (Fsp3) is 0.478. The maximum Gasteiger partial charge on any atom is 0.274 e. The molecule has 35 heavy (non-hydrogen) atoms. The molecule has 0 bridgehead atoms. The largest absolute Gasteiger partial charge is 0.376 e. The van der Waals surface area contributed by atoms with Crippen LogP contribution in [-0.2, 0) is 4.74 Å². The van der Waals surface area contributed by atoms with Gasteiger partial charge >= 0.3 is 0 Å². The van der Waals surface area contributed by atoms with Crippen molar-refractivity contribution in [3.05, 3.63) is 46.5 Å². The van der Waals surface area contributed by atoms with Crippen molar-refractivity contribution in [2.45, 2.75) is 56.2 Å². The van der Waals surface area contributed by atoms with Crippen LogP contribution in [0.3, 0.4) is 0 Å². The number of aromatic nitrogens is 4. The van der Waals surface area contributed by atoms with Crippen molar-refractivity contribution in [2.75, 3.05) is 24.8 Å². The van der Waals surface area contributed by atoms with Crippen molar-refractivity contribution < 1.29 is 18.3 Å². The van der Waals surface area contributed by atoms with Crippen LogP contribution in [0.25, 0.3) is 5.65 Å². The lowest BCUT2D eigenvalue weighted by molar-refractivity contribution is -0.104. The highest BCUT2D eigenvalue weighted by Gasteiger charge is 2.46. The van der Waals surface area contributed by atoms with Gasteiger partial charge in [0, 0.05) is 45.3 Å². The maximum absolute atomic E-state index is 13.3. The number of fused-ring (bicyclic) bond motifs is 1. The molecule has 10 nitrogen and oxygen atoms in total. The molecule has 0 saturated heterocycles. The Morgan fingerprint density at radius 2 is 2.09 bits per heavy atom. The number of carbonyl (C=O) groups is 1. The Morgan fingerprint density at radius 3 is 2.71 bits per heavy atom. The summed E-state index contributed by atoms with van der Waals surface area (Å²) in [6, 6.07) is 4.16. The monoisotopic (exact) mass is 487 g/mol. The van der Waals surface area contributed by atoms with E-state index in [9.17, 15) is 18.4 Å². The molecule has 1 amide bonds. The first-order valence-electron chi connectivity index (χ1n) is 11.4. The van der Waals surface area contributed by atoms with E-state index >= 15 is 0 Å². The summed E-state index contributed by atoms with van der Waals surface area (Å²) in [5.74, 6) is -2.22. The van der Waals surface area contributed by atoms with Gasteiger partial charge in [0.15, 0.2) is 5.65 Å². The Hall–Kier alpha value is -3.54. The number of carbonyl (C=O) groups excluding carboxylic acids is 1. The van der Waals surface area contributed by atoms with E-state index in [1.165, 1.54) is 21.5 Å². The number of alkyl halides is 2. The van der Waals surface area contributed by atoms with Gasteiger partial charge in [-0.2, -0.15) is 9.61 Å². The molecule has 0 aliphatic heterocycles. The normalized spacial score (nSPS) is 23.4. The zero-order valence-corrected chi connectivity index (χ0v) is 19.6. The zero-order chi connectivity index (χ0) is 25.0. The Bertz CT molecular complexity index is 1340. The van der Waals surface area contributed by atoms with Crippen molar-refractivity contribution >= 4 is 28.9 Å². The molecule has 2 aliphatic rings. The molecule has 2 fully saturated rings. The van der Waals surface area contributed by atoms with E-state index in [0.29, 0.717) is 17.3 Å². The van der Waals surface area contributed by atoms with Crippen LogP contribution >= 0.6 is 0 Å².